The van der Waals surface area contributed by atoms with Gasteiger partial charge in [0.15, 0.2) is 0 Å². The predicted molar refractivity (Wildman–Crippen MR) is 89.4 cm³/mol. The molecule has 0 heterocycles. The lowest BCUT2D eigenvalue weighted by atomic mass is 10.1. The minimum absolute atomic E-state index is 0.169. The van der Waals surface area contributed by atoms with Crippen LogP contribution >= 0.6 is 15.9 Å². The first-order valence-electron chi connectivity index (χ1n) is 6.48. The van der Waals surface area contributed by atoms with Crippen molar-refractivity contribution >= 4 is 33.2 Å². The van der Waals surface area contributed by atoms with Crippen LogP contribution in [0.5, 0.6) is 5.75 Å². The molecule has 0 radical (unpaired) electrons. The molecule has 0 bridgehead atoms. The van der Waals surface area contributed by atoms with E-state index in [4.69, 9.17) is 4.74 Å². The van der Waals surface area contributed by atoms with Crippen molar-refractivity contribution in [2.24, 2.45) is 0 Å². The minimum atomic E-state index is -0.169. The number of halogens is 1. The number of hydrogen-bond donors (Lipinski definition) is 2. The lowest BCUT2D eigenvalue weighted by Crippen LogP contribution is -2.14. The zero-order chi connectivity index (χ0) is 15.4. The maximum absolute atomic E-state index is 12.5. The van der Waals surface area contributed by atoms with Crippen LogP contribution in [0.1, 0.15) is 15.9 Å². The lowest BCUT2D eigenvalue weighted by Gasteiger charge is -2.12. The van der Waals surface area contributed by atoms with Gasteiger partial charge in [-0.25, -0.2) is 0 Å². The molecule has 0 atom stereocenters. The predicted octanol–water partition coefficient (Wildman–Crippen LogP) is 4.06. The molecule has 2 aromatic carbocycles. The number of amides is 1. The van der Waals surface area contributed by atoms with Crippen LogP contribution in [0.25, 0.3) is 0 Å². The van der Waals surface area contributed by atoms with Gasteiger partial charge in [0.25, 0.3) is 5.91 Å². The van der Waals surface area contributed by atoms with Gasteiger partial charge in [-0.05, 0) is 47.1 Å². The second kappa shape index (κ2) is 6.63. The third kappa shape index (κ3) is 3.55. The number of carbonyl (C=O) groups is 1. The Morgan fingerprint density at radius 3 is 2.57 bits per heavy atom. The molecule has 2 aromatic rings. The molecular weight excluding hydrogens is 332 g/mol. The number of hydrogen-bond acceptors (Lipinski definition) is 3. The second-order valence-corrected chi connectivity index (χ2v) is 5.45. The van der Waals surface area contributed by atoms with E-state index < -0.39 is 0 Å². The Kier molecular flexibility index (Phi) is 4.85. The summed E-state index contributed by atoms with van der Waals surface area (Å²) in [4.78, 5) is 12.5. The number of benzene rings is 2. The summed E-state index contributed by atoms with van der Waals surface area (Å²) in [7, 11) is 3.39. The van der Waals surface area contributed by atoms with Gasteiger partial charge in [0, 0.05) is 23.3 Å². The number of methoxy groups -OCH3 is 1. The maximum atomic E-state index is 12.5. The maximum Gasteiger partial charge on any atom is 0.257 e. The molecule has 1 amide bonds. The molecule has 0 spiro atoms. The molecule has 0 aliphatic rings. The van der Waals surface area contributed by atoms with Gasteiger partial charge in [0.1, 0.15) is 5.75 Å². The fraction of sp³-hybridized carbons (Fsp3) is 0.188. The van der Waals surface area contributed by atoms with E-state index >= 15 is 0 Å². The highest BCUT2D eigenvalue weighted by Crippen LogP contribution is 2.28. The van der Waals surface area contributed by atoms with Crippen LogP contribution < -0.4 is 15.4 Å². The van der Waals surface area contributed by atoms with Crippen LogP contribution in [-0.4, -0.2) is 20.1 Å². The molecule has 21 heavy (non-hydrogen) atoms. The van der Waals surface area contributed by atoms with E-state index in [-0.39, 0.29) is 5.91 Å². The smallest absolute Gasteiger partial charge is 0.257 e. The van der Waals surface area contributed by atoms with Gasteiger partial charge >= 0.3 is 0 Å². The summed E-state index contributed by atoms with van der Waals surface area (Å²) in [6.07, 6.45) is 0. The van der Waals surface area contributed by atoms with Gasteiger partial charge in [-0.15, -0.1) is 0 Å². The van der Waals surface area contributed by atoms with Crippen LogP contribution in [0, 0.1) is 6.92 Å². The van der Waals surface area contributed by atoms with E-state index in [1.165, 1.54) is 0 Å². The van der Waals surface area contributed by atoms with Crippen molar-refractivity contribution < 1.29 is 9.53 Å². The highest BCUT2D eigenvalue weighted by Gasteiger charge is 2.13. The van der Waals surface area contributed by atoms with E-state index in [9.17, 15) is 4.79 Å². The Hall–Kier alpha value is -2.01. The second-order valence-electron chi connectivity index (χ2n) is 4.60. The normalized spacial score (nSPS) is 10.1. The van der Waals surface area contributed by atoms with Crippen LogP contribution in [-0.2, 0) is 0 Å². The highest BCUT2D eigenvalue weighted by molar-refractivity contribution is 9.10. The van der Waals surface area contributed by atoms with Crippen LogP contribution in [0.3, 0.4) is 0 Å². The molecule has 0 unspecified atom stereocenters. The third-order valence-corrected chi connectivity index (χ3v) is 3.80. The summed E-state index contributed by atoms with van der Waals surface area (Å²) in [6.45, 7) is 1.96. The van der Waals surface area contributed by atoms with Crippen LogP contribution in [0.2, 0.25) is 0 Å². The number of nitrogens with one attached hydrogen (secondary N) is 2. The number of anilines is 2. The Balaban J connectivity index is 2.32. The number of ether oxygens (including phenoxy) is 1. The lowest BCUT2D eigenvalue weighted by molar-refractivity contribution is 0.102. The van der Waals surface area contributed by atoms with Crippen molar-refractivity contribution in [1.29, 1.82) is 0 Å². The standard InChI is InChI=1S/C16H17BrN2O2/c1-10-4-7-14(18-2)12(8-10)16(20)19-15-9-11(21-3)5-6-13(15)17/h4-9,18H,1-3H3,(H,19,20). The fourth-order valence-corrected chi connectivity index (χ4v) is 2.33. The van der Waals surface area contributed by atoms with E-state index in [1.807, 2.05) is 37.3 Å². The molecule has 110 valence electrons. The first-order chi connectivity index (χ1) is 10.0. The van der Waals surface area contributed by atoms with Gasteiger partial charge in [0.05, 0.1) is 18.4 Å². The largest absolute Gasteiger partial charge is 0.497 e. The van der Waals surface area contributed by atoms with Crippen molar-refractivity contribution in [2.75, 3.05) is 24.8 Å². The van der Waals surface area contributed by atoms with Crippen molar-refractivity contribution in [3.63, 3.8) is 0 Å². The van der Waals surface area contributed by atoms with E-state index in [0.29, 0.717) is 17.0 Å². The van der Waals surface area contributed by atoms with Gasteiger partial charge in [-0.1, -0.05) is 11.6 Å². The summed E-state index contributed by atoms with van der Waals surface area (Å²) >= 11 is 3.42. The quantitative estimate of drug-likeness (QED) is 0.875. The molecule has 2 rings (SSSR count). The highest BCUT2D eigenvalue weighted by atomic mass is 79.9. The zero-order valence-electron chi connectivity index (χ0n) is 12.2. The SMILES string of the molecule is CNc1ccc(C)cc1C(=O)Nc1cc(OC)ccc1Br. The summed E-state index contributed by atoms with van der Waals surface area (Å²) in [5.74, 6) is 0.517. The van der Waals surface area contributed by atoms with Crippen molar-refractivity contribution in [3.8, 4) is 5.75 Å². The molecule has 0 aliphatic carbocycles. The van der Waals surface area contributed by atoms with Crippen LogP contribution in [0.4, 0.5) is 11.4 Å². The number of carbonyl (C=O) groups excluding carboxylic acids is 1. The molecule has 0 fully saturated rings. The first-order valence-corrected chi connectivity index (χ1v) is 7.27. The van der Waals surface area contributed by atoms with Gasteiger partial charge < -0.3 is 15.4 Å². The summed E-state index contributed by atoms with van der Waals surface area (Å²) in [6, 6.07) is 11.1. The van der Waals surface area contributed by atoms with E-state index in [1.54, 1.807) is 20.2 Å². The summed E-state index contributed by atoms with van der Waals surface area (Å²) in [5.41, 5.74) is 3.09. The molecule has 0 aromatic heterocycles. The van der Waals surface area contributed by atoms with Crippen LogP contribution in [0.15, 0.2) is 40.9 Å². The number of rotatable bonds is 4. The summed E-state index contributed by atoms with van der Waals surface area (Å²) < 4.78 is 5.98. The molecule has 4 nitrogen and oxygen atoms in total. The average molecular weight is 349 g/mol. The van der Waals surface area contributed by atoms with Crippen molar-refractivity contribution in [1.82, 2.24) is 0 Å². The Morgan fingerprint density at radius 2 is 1.90 bits per heavy atom. The van der Waals surface area contributed by atoms with Gasteiger partial charge in [-0.3, -0.25) is 4.79 Å². The van der Waals surface area contributed by atoms with Gasteiger partial charge in [-0.2, -0.15) is 0 Å². The monoisotopic (exact) mass is 348 g/mol. The Morgan fingerprint density at radius 1 is 1.14 bits per heavy atom. The topological polar surface area (TPSA) is 50.4 Å². The van der Waals surface area contributed by atoms with Crippen molar-refractivity contribution in [2.45, 2.75) is 6.92 Å². The van der Waals surface area contributed by atoms with Gasteiger partial charge in [0.2, 0.25) is 0 Å². The number of aryl methyl sites for hydroxylation is 1. The fourth-order valence-electron chi connectivity index (χ4n) is 1.98. The molecule has 0 saturated heterocycles. The first kappa shape index (κ1) is 15.4. The summed E-state index contributed by atoms with van der Waals surface area (Å²) in [5, 5.41) is 5.93. The molecule has 0 aliphatic heterocycles. The van der Waals surface area contributed by atoms with E-state index in [2.05, 4.69) is 26.6 Å². The third-order valence-electron chi connectivity index (χ3n) is 3.11. The Bertz CT molecular complexity index is 671. The molecule has 2 N–H and O–H groups in total. The average Bonchev–Trinajstić information content (AvgIpc) is 2.49. The Labute approximate surface area is 132 Å². The molecular formula is C16H17BrN2O2. The molecule has 5 heteroatoms. The van der Waals surface area contributed by atoms with E-state index in [0.717, 1.165) is 15.7 Å². The molecule has 0 saturated carbocycles. The minimum Gasteiger partial charge on any atom is -0.497 e. The van der Waals surface area contributed by atoms with Crippen molar-refractivity contribution in [3.05, 3.63) is 52.0 Å². The zero-order valence-corrected chi connectivity index (χ0v) is 13.7.